The molecule has 152 valence electrons. The number of rotatable bonds is 4. The highest BCUT2D eigenvalue weighted by atomic mass is 16.5. The Morgan fingerprint density at radius 1 is 0.931 bits per heavy atom. The maximum atomic E-state index is 12.6. The van der Waals surface area contributed by atoms with E-state index in [9.17, 15) is 9.90 Å². The van der Waals surface area contributed by atoms with Crippen LogP contribution >= 0.6 is 0 Å². The maximum Gasteiger partial charge on any atom is 0.231 e. The van der Waals surface area contributed by atoms with Crippen molar-refractivity contribution in [2.45, 2.75) is 57.1 Å². The highest BCUT2D eigenvalue weighted by Gasteiger charge is 2.30. The summed E-state index contributed by atoms with van der Waals surface area (Å²) in [5.74, 6) is 1.19. The van der Waals surface area contributed by atoms with E-state index in [2.05, 4.69) is 11.0 Å². The molecule has 2 heterocycles. The molecule has 5 nitrogen and oxygen atoms in total. The van der Waals surface area contributed by atoms with Crippen molar-refractivity contribution in [1.82, 2.24) is 4.90 Å². The molecule has 2 aromatic rings. The fourth-order valence-electron chi connectivity index (χ4n) is 4.73. The first-order chi connectivity index (χ1) is 14.2. The van der Waals surface area contributed by atoms with Crippen LogP contribution in [0.4, 0.5) is 11.4 Å². The minimum Gasteiger partial charge on any atom is -0.508 e. The van der Waals surface area contributed by atoms with E-state index < -0.39 is 0 Å². The van der Waals surface area contributed by atoms with E-state index in [-0.39, 0.29) is 17.8 Å². The molecule has 0 radical (unpaired) electrons. The van der Waals surface area contributed by atoms with Crippen molar-refractivity contribution in [2.24, 2.45) is 0 Å². The molecular formula is C24H28N2O3. The number of carbonyl (C=O) groups excluding carboxylic acids is 1. The molecule has 0 unspecified atom stereocenters. The van der Waals surface area contributed by atoms with E-state index in [1.54, 1.807) is 29.2 Å². The number of amides is 1. The van der Waals surface area contributed by atoms with Crippen LogP contribution in [0.15, 0.2) is 42.5 Å². The average Bonchev–Trinajstić information content (AvgIpc) is 2.69. The summed E-state index contributed by atoms with van der Waals surface area (Å²) in [7, 11) is 0. The van der Waals surface area contributed by atoms with Crippen LogP contribution < -0.4 is 9.64 Å². The number of benzene rings is 2. The van der Waals surface area contributed by atoms with Gasteiger partial charge in [0.05, 0.1) is 5.69 Å². The molecule has 5 rings (SSSR count). The van der Waals surface area contributed by atoms with Crippen molar-refractivity contribution >= 4 is 17.3 Å². The molecule has 1 saturated carbocycles. The first-order valence-corrected chi connectivity index (χ1v) is 10.8. The van der Waals surface area contributed by atoms with E-state index in [1.807, 2.05) is 12.1 Å². The van der Waals surface area contributed by atoms with Gasteiger partial charge in [0.25, 0.3) is 0 Å². The molecule has 0 bridgehead atoms. The van der Waals surface area contributed by atoms with Crippen LogP contribution in [0.5, 0.6) is 11.5 Å². The summed E-state index contributed by atoms with van der Waals surface area (Å²) >= 11 is 0. The fourth-order valence-corrected chi connectivity index (χ4v) is 4.73. The van der Waals surface area contributed by atoms with E-state index in [1.165, 1.54) is 19.3 Å². The Morgan fingerprint density at radius 2 is 1.69 bits per heavy atom. The van der Waals surface area contributed by atoms with E-state index in [4.69, 9.17) is 4.74 Å². The van der Waals surface area contributed by atoms with Crippen molar-refractivity contribution in [3.05, 3.63) is 48.0 Å². The summed E-state index contributed by atoms with van der Waals surface area (Å²) in [6.45, 7) is 2.28. The van der Waals surface area contributed by atoms with E-state index in [0.29, 0.717) is 6.42 Å². The van der Waals surface area contributed by atoms with Gasteiger partial charge in [-0.2, -0.15) is 0 Å². The van der Waals surface area contributed by atoms with Crippen molar-refractivity contribution in [2.75, 3.05) is 18.0 Å². The number of carbonyl (C=O) groups is 1. The van der Waals surface area contributed by atoms with Gasteiger partial charge in [-0.25, -0.2) is 0 Å². The molecule has 1 N–H and O–H groups in total. The zero-order chi connectivity index (χ0) is 19.8. The Morgan fingerprint density at radius 3 is 2.38 bits per heavy atom. The van der Waals surface area contributed by atoms with Crippen LogP contribution in [-0.2, 0) is 11.2 Å². The first kappa shape index (κ1) is 18.5. The van der Waals surface area contributed by atoms with Crippen LogP contribution in [-0.4, -0.2) is 41.1 Å². The summed E-state index contributed by atoms with van der Waals surface area (Å²) in [5, 5.41) is 9.55. The molecule has 1 aliphatic carbocycles. The topological polar surface area (TPSA) is 53.0 Å². The van der Waals surface area contributed by atoms with Crippen molar-refractivity contribution in [3.8, 4) is 11.5 Å². The number of likely N-dealkylation sites (tertiary alicyclic amines) is 1. The third-order valence-corrected chi connectivity index (χ3v) is 6.63. The van der Waals surface area contributed by atoms with E-state index in [0.717, 1.165) is 61.1 Å². The van der Waals surface area contributed by atoms with Gasteiger partial charge in [-0.15, -0.1) is 0 Å². The molecule has 2 aliphatic heterocycles. The third-order valence-electron chi connectivity index (χ3n) is 6.63. The number of nitrogens with zero attached hydrogens (tertiary/aromatic N) is 2. The predicted octanol–water partition coefficient (Wildman–Crippen LogP) is 4.40. The van der Waals surface area contributed by atoms with Crippen LogP contribution in [0, 0.1) is 0 Å². The van der Waals surface area contributed by atoms with Crippen molar-refractivity contribution in [1.29, 1.82) is 0 Å². The predicted molar refractivity (Wildman–Crippen MR) is 113 cm³/mol. The molecule has 2 fully saturated rings. The maximum absolute atomic E-state index is 12.6. The summed E-state index contributed by atoms with van der Waals surface area (Å²) in [6, 6.07) is 13.7. The Bertz CT molecular complexity index is 883. The lowest BCUT2D eigenvalue weighted by Gasteiger charge is -2.41. The first-order valence-electron chi connectivity index (χ1n) is 10.8. The second-order valence-electron chi connectivity index (χ2n) is 8.47. The lowest BCUT2D eigenvalue weighted by Crippen LogP contribution is -2.46. The highest BCUT2D eigenvalue weighted by Crippen LogP contribution is 2.37. The van der Waals surface area contributed by atoms with Crippen molar-refractivity contribution < 1.29 is 14.6 Å². The van der Waals surface area contributed by atoms with Gasteiger partial charge in [0.1, 0.15) is 17.6 Å². The number of hydrogen-bond acceptors (Lipinski definition) is 4. The SMILES string of the molecule is O=C1CCc2cc(OC3CCN(C4CCC4)CC3)ccc2N1c1ccc(O)cc1. The minimum atomic E-state index is 0.0835. The molecular weight excluding hydrogens is 364 g/mol. The molecule has 5 heteroatoms. The van der Waals surface area contributed by atoms with E-state index >= 15 is 0 Å². The Kier molecular flexibility index (Phi) is 4.92. The van der Waals surface area contributed by atoms with Gasteiger partial charge < -0.3 is 14.7 Å². The summed E-state index contributed by atoms with van der Waals surface area (Å²) in [6.07, 6.45) is 7.80. The second-order valence-corrected chi connectivity index (χ2v) is 8.47. The number of anilines is 2. The zero-order valence-electron chi connectivity index (χ0n) is 16.7. The molecule has 0 aromatic heterocycles. The van der Waals surface area contributed by atoms with Gasteiger partial charge >= 0.3 is 0 Å². The number of hydrogen-bond donors (Lipinski definition) is 1. The molecule has 0 spiro atoms. The Labute approximate surface area is 171 Å². The highest BCUT2D eigenvalue weighted by molar-refractivity contribution is 6.03. The molecule has 0 atom stereocenters. The summed E-state index contributed by atoms with van der Waals surface area (Å²) < 4.78 is 6.32. The molecule has 1 saturated heterocycles. The summed E-state index contributed by atoms with van der Waals surface area (Å²) in [5.41, 5.74) is 2.84. The van der Waals surface area contributed by atoms with Gasteiger partial charge in [-0.3, -0.25) is 9.69 Å². The normalized spacial score (nSPS) is 21.0. The quantitative estimate of drug-likeness (QED) is 0.838. The molecule has 2 aromatic carbocycles. The number of aromatic hydroxyl groups is 1. The largest absolute Gasteiger partial charge is 0.508 e. The Balaban J connectivity index is 1.29. The van der Waals surface area contributed by atoms with Crippen molar-refractivity contribution in [3.63, 3.8) is 0 Å². The lowest BCUT2D eigenvalue weighted by atomic mass is 9.90. The Hall–Kier alpha value is -2.53. The molecule has 29 heavy (non-hydrogen) atoms. The van der Waals surface area contributed by atoms with Crippen LogP contribution in [0.25, 0.3) is 0 Å². The smallest absolute Gasteiger partial charge is 0.231 e. The molecule has 3 aliphatic rings. The number of piperidine rings is 1. The van der Waals surface area contributed by atoms with Gasteiger partial charge in [-0.05, 0) is 80.1 Å². The fraction of sp³-hybridized carbons (Fsp3) is 0.458. The molecule has 1 amide bonds. The number of phenols is 1. The van der Waals surface area contributed by atoms with Gasteiger partial charge in [0.2, 0.25) is 5.91 Å². The number of phenolic OH excluding ortho intramolecular Hbond substituents is 1. The standard InChI is InChI=1S/C24H28N2O3/c27-20-7-5-19(6-8-20)26-23-10-9-22(16-17(23)4-11-24(26)28)29-21-12-14-25(15-13-21)18-2-1-3-18/h5-10,16,18,21,27H,1-4,11-15H2. The number of aryl methyl sites for hydroxylation is 1. The van der Waals surface area contributed by atoms with Crippen LogP contribution in [0.2, 0.25) is 0 Å². The monoisotopic (exact) mass is 392 g/mol. The summed E-state index contributed by atoms with van der Waals surface area (Å²) in [4.78, 5) is 17.0. The average molecular weight is 392 g/mol. The van der Waals surface area contributed by atoms with Crippen LogP contribution in [0.1, 0.15) is 44.1 Å². The zero-order valence-corrected chi connectivity index (χ0v) is 16.7. The third kappa shape index (κ3) is 3.71. The van der Waals surface area contributed by atoms with Gasteiger partial charge in [0, 0.05) is 31.2 Å². The minimum absolute atomic E-state index is 0.0835. The van der Waals surface area contributed by atoms with Gasteiger partial charge in [0.15, 0.2) is 0 Å². The van der Waals surface area contributed by atoms with Gasteiger partial charge in [-0.1, -0.05) is 6.42 Å². The lowest BCUT2D eigenvalue weighted by molar-refractivity contribution is -0.118. The van der Waals surface area contributed by atoms with Crippen LogP contribution in [0.3, 0.4) is 0 Å². The number of fused-ring (bicyclic) bond motifs is 1. The second kappa shape index (κ2) is 7.71. The number of ether oxygens (including phenoxy) is 1.